The highest BCUT2D eigenvalue weighted by atomic mass is 35.5. The zero-order valence-corrected chi connectivity index (χ0v) is 13.5. The number of halogens is 1. The van der Waals surface area contributed by atoms with Crippen molar-refractivity contribution >= 4 is 21.6 Å². The third-order valence-electron chi connectivity index (χ3n) is 3.63. The standard InChI is InChI=1S/C14H21ClN2O2S/c1-3-9-17(12-7-8-16-10-12)20(18,19)13-6-4-5-11(2)14(13)15/h4-6,12,16H,3,7-10H2,1-2H3. The summed E-state index contributed by atoms with van der Waals surface area (Å²) in [6.45, 7) is 5.91. The molecule has 1 aromatic carbocycles. The number of hydrogen-bond donors (Lipinski definition) is 1. The number of sulfonamides is 1. The molecule has 0 aliphatic carbocycles. The van der Waals surface area contributed by atoms with E-state index in [4.69, 9.17) is 11.6 Å². The van der Waals surface area contributed by atoms with Gasteiger partial charge in [-0.1, -0.05) is 30.7 Å². The first-order chi connectivity index (χ1) is 9.48. The molecular weight excluding hydrogens is 296 g/mol. The molecule has 1 heterocycles. The number of aryl methyl sites for hydroxylation is 1. The quantitative estimate of drug-likeness (QED) is 0.907. The van der Waals surface area contributed by atoms with Crippen LogP contribution in [0.3, 0.4) is 0 Å². The highest BCUT2D eigenvalue weighted by molar-refractivity contribution is 7.89. The summed E-state index contributed by atoms with van der Waals surface area (Å²) in [5.74, 6) is 0. The van der Waals surface area contributed by atoms with Crippen LogP contribution in [0, 0.1) is 6.92 Å². The molecule has 112 valence electrons. The fraction of sp³-hybridized carbons (Fsp3) is 0.571. The van der Waals surface area contributed by atoms with E-state index in [0.717, 1.165) is 24.9 Å². The van der Waals surface area contributed by atoms with Gasteiger partial charge >= 0.3 is 0 Å². The van der Waals surface area contributed by atoms with Crippen molar-refractivity contribution in [3.63, 3.8) is 0 Å². The van der Waals surface area contributed by atoms with Crippen LogP contribution in [0.2, 0.25) is 5.02 Å². The molecule has 0 radical (unpaired) electrons. The molecule has 0 saturated carbocycles. The van der Waals surface area contributed by atoms with Gasteiger partial charge in [0.15, 0.2) is 0 Å². The Morgan fingerprint density at radius 1 is 1.45 bits per heavy atom. The maximum Gasteiger partial charge on any atom is 0.244 e. The van der Waals surface area contributed by atoms with Gasteiger partial charge in [-0.2, -0.15) is 4.31 Å². The zero-order chi connectivity index (χ0) is 14.8. The minimum Gasteiger partial charge on any atom is -0.315 e. The second-order valence-corrected chi connectivity index (χ2v) is 7.39. The van der Waals surface area contributed by atoms with Crippen LogP contribution >= 0.6 is 11.6 Å². The Kier molecular flexibility index (Phi) is 5.07. The smallest absolute Gasteiger partial charge is 0.244 e. The fourth-order valence-corrected chi connectivity index (χ4v) is 4.86. The van der Waals surface area contributed by atoms with Crippen LogP contribution in [-0.4, -0.2) is 38.4 Å². The molecule has 0 spiro atoms. The lowest BCUT2D eigenvalue weighted by atomic mass is 10.2. The Morgan fingerprint density at radius 2 is 2.20 bits per heavy atom. The molecular formula is C14H21ClN2O2S. The molecule has 0 bridgehead atoms. The summed E-state index contributed by atoms with van der Waals surface area (Å²) >= 11 is 6.21. The predicted molar refractivity (Wildman–Crippen MR) is 81.6 cm³/mol. The summed E-state index contributed by atoms with van der Waals surface area (Å²) in [6.07, 6.45) is 1.64. The van der Waals surface area contributed by atoms with E-state index in [2.05, 4.69) is 5.32 Å². The molecule has 0 aromatic heterocycles. The molecule has 1 saturated heterocycles. The second-order valence-electron chi connectivity index (χ2n) is 5.15. The Bertz CT molecular complexity index is 569. The largest absolute Gasteiger partial charge is 0.315 e. The Labute approximate surface area is 126 Å². The number of nitrogens with one attached hydrogen (secondary N) is 1. The Hall–Kier alpha value is -0.620. The van der Waals surface area contributed by atoms with Gasteiger partial charge in [-0.15, -0.1) is 0 Å². The van der Waals surface area contributed by atoms with Gasteiger partial charge < -0.3 is 5.32 Å². The summed E-state index contributed by atoms with van der Waals surface area (Å²) in [5.41, 5.74) is 0.786. The van der Waals surface area contributed by atoms with Crippen molar-refractivity contribution in [2.45, 2.75) is 37.6 Å². The fourth-order valence-electron chi connectivity index (χ4n) is 2.55. The van der Waals surface area contributed by atoms with Gasteiger partial charge in [0.2, 0.25) is 10.0 Å². The zero-order valence-electron chi connectivity index (χ0n) is 11.9. The van der Waals surface area contributed by atoms with Crippen LogP contribution in [0.1, 0.15) is 25.3 Å². The first-order valence-corrected chi connectivity index (χ1v) is 8.78. The molecule has 4 nitrogen and oxygen atoms in total. The van der Waals surface area contributed by atoms with Gasteiger partial charge in [-0.05, 0) is 37.9 Å². The van der Waals surface area contributed by atoms with Crippen LogP contribution in [-0.2, 0) is 10.0 Å². The molecule has 20 heavy (non-hydrogen) atoms. The topological polar surface area (TPSA) is 49.4 Å². The SMILES string of the molecule is CCCN(C1CCNC1)S(=O)(=O)c1cccc(C)c1Cl. The summed E-state index contributed by atoms with van der Waals surface area (Å²) in [5, 5.41) is 3.55. The number of rotatable bonds is 5. The Balaban J connectivity index is 2.42. The number of nitrogens with zero attached hydrogens (tertiary/aromatic N) is 1. The third kappa shape index (κ3) is 3.01. The van der Waals surface area contributed by atoms with Crippen LogP contribution in [0.25, 0.3) is 0 Å². The van der Waals surface area contributed by atoms with Crippen molar-refractivity contribution in [3.8, 4) is 0 Å². The lowest BCUT2D eigenvalue weighted by Crippen LogP contribution is -2.42. The minimum atomic E-state index is -3.54. The monoisotopic (exact) mass is 316 g/mol. The van der Waals surface area contributed by atoms with E-state index in [-0.39, 0.29) is 10.9 Å². The van der Waals surface area contributed by atoms with E-state index in [1.165, 1.54) is 0 Å². The van der Waals surface area contributed by atoms with E-state index in [1.54, 1.807) is 16.4 Å². The van der Waals surface area contributed by atoms with E-state index < -0.39 is 10.0 Å². The first kappa shape index (κ1) is 15.8. The van der Waals surface area contributed by atoms with E-state index >= 15 is 0 Å². The average molecular weight is 317 g/mol. The van der Waals surface area contributed by atoms with Crippen molar-refractivity contribution in [2.24, 2.45) is 0 Å². The molecule has 6 heteroatoms. The van der Waals surface area contributed by atoms with Crippen LogP contribution in [0.5, 0.6) is 0 Å². The van der Waals surface area contributed by atoms with Crippen molar-refractivity contribution in [1.82, 2.24) is 9.62 Å². The van der Waals surface area contributed by atoms with Gasteiger partial charge in [0.1, 0.15) is 4.90 Å². The van der Waals surface area contributed by atoms with E-state index in [0.29, 0.717) is 18.1 Å². The van der Waals surface area contributed by atoms with Crippen LogP contribution < -0.4 is 5.32 Å². The maximum absolute atomic E-state index is 12.9. The predicted octanol–water partition coefficient (Wildman–Crippen LogP) is 2.41. The average Bonchev–Trinajstić information content (AvgIpc) is 2.92. The lowest BCUT2D eigenvalue weighted by molar-refractivity contribution is 0.335. The van der Waals surface area contributed by atoms with Crippen LogP contribution in [0.15, 0.2) is 23.1 Å². The summed E-state index contributed by atoms with van der Waals surface area (Å²) < 4.78 is 27.4. The molecule has 1 aliphatic heterocycles. The van der Waals surface area contributed by atoms with Gasteiger partial charge in [0, 0.05) is 19.1 Å². The van der Waals surface area contributed by atoms with E-state index in [1.807, 2.05) is 19.9 Å². The molecule has 1 aliphatic rings. The minimum absolute atomic E-state index is 0.0246. The van der Waals surface area contributed by atoms with Gasteiger partial charge in [0.05, 0.1) is 5.02 Å². The summed E-state index contributed by atoms with van der Waals surface area (Å²) in [6, 6.07) is 5.18. The highest BCUT2D eigenvalue weighted by Gasteiger charge is 2.33. The molecule has 1 N–H and O–H groups in total. The molecule has 2 rings (SSSR count). The van der Waals surface area contributed by atoms with Crippen molar-refractivity contribution in [1.29, 1.82) is 0 Å². The molecule has 0 amide bonds. The number of benzene rings is 1. The van der Waals surface area contributed by atoms with Crippen molar-refractivity contribution in [2.75, 3.05) is 19.6 Å². The first-order valence-electron chi connectivity index (χ1n) is 6.96. The van der Waals surface area contributed by atoms with Gasteiger partial charge in [-0.3, -0.25) is 0 Å². The molecule has 1 atom stereocenters. The molecule has 1 aromatic rings. The summed E-state index contributed by atoms with van der Waals surface area (Å²) in [4.78, 5) is 0.222. The number of hydrogen-bond acceptors (Lipinski definition) is 3. The highest BCUT2D eigenvalue weighted by Crippen LogP contribution is 2.29. The van der Waals surface area contributed by atoms with E-state index in [9.17, 15) is 8.42 Å². The van der Waals surface area contributed by atoms with Gasteiger partial charge in [0.25, 0.3) is 0 Å². The van der Waals surface area contributed by atoms with Crippen molar-refractivity contribution in [3.05, 3.63) is 28.8 Å². The van der Waals surface area contributed by atoms with Crippen LogP contribution in [0.4, 0.5) is 0 Å². The Morgan fingerprint density at radius 3 is 2.80 bits per heavy atom. The molecule has 1 unspecified atom stereocenters. The third-order valence-corrected chi connectivity index (χ3v) is 6.24. The molecule has 1 fully saturated rings. The normalized spacial score (nSPS) is 19.7. The lowest BCUT2D eigenvalue weighted by Gasteiger charge is -2.27. The summed E-state index contributed by atoms with van der Waals surface area (Å²) in [7, 11) is -3.54. The van der Waals surface area contributed by atoms with Crippen molar-refractivity contribution < 1.29 is 8.42 Å². The second kappa shape index (κ2) is 6.43. The van der Waals surface area contributed by atoms with Gasteiger partial charge in [-0.25, -0.2) is 8.42 Å². The maximum atomic E-state index is 12.9.